The number of benzene rings is 3. The number of nitrogens with one attached hydrogen (secondary N) is 1. The maximum absolute atomic E-state index is 13.3. The minimum Gasteiger partial charge on any atom is -0.322 e. The van der Waals surface area contributed by atoms with Gasteiger partial charge in [0, 0.05) is 35.6 Å². The van der Waals surface area contributed by atoms with Crippen molar-refractivity contribution in [3.05, 3.63) is 95.1 Å². The van der Waals surface area contributed by atoms with Crippen LogP contribution in [-0.4, -0.2) is 36.9 Å². The Hall–Kier alpha value is -3.44. The van der Waals surface area contributed by atoms with Crippen molar-refractivity contribution in [1.29, 1.82) is 0 Å². The summed E-state index contributed by atoms with van der Waals surface area (Å²) >= 11 is 0. The topological polar surface area (TPSA) is 52.7 Å². The molecule has 0 spiro atoms. The molecule has 5 nitrogen and oxygen atoms in total. The predicted octanol–water partition coefficient (Wildman–Crippen LogP) is 4.73. The van der Waals surface area contributed by atoms with Crippen LogP contribution in [0.2, 0.25) is 0 Å². The number of amides is 2. The summed E-state index contributed by atoms with van der Waals surface area (Å²) < 4.78 is 0. The van der Waals surface area contributed by atoms with Crippen molar-refractivity contribution >= 4 is 23.2 Å². The summed E-state index contributed by atoms with van der Waals surface area (Å²) in [7, 11) is 2.11. The van der Waals surface area contributed by atoms with Gasteiger partial charge in [0.15, 0.2) is 0 Å². The van der Waals surface area contributed by atoms with Gasteiger partial charge in [0.25, 0.3) is 11.8 Å². The number of anilines is 2. The number of aryl methyl sites for hydroxylation is 1. The van der Waals surface area contributed by atoms with Crippen molar-refractivity contribution < 1.29 is 9.59 Å². The van der Waals surface area contributed by atoms with Gasteiger partial charge in [-0.2, -0.15) is 0 Å². The fourth-order valence-electron chi connectivity index (χ4n) is 3.99. The van der Waals surface area contributed by atoms with Crippen molar-refractivity contribution in [2.24, 2.45) is 0 Å². The SMILES string of the molecule is Cc1ccccc1C(=O)Nc1ccc(C(=O)N2CCCN(C)Cc3ccccc32)cc1. The Labute approximate surface area is 183 Å². The Morgan fingerprint density at radius 1 is 0.871 bits per heavy atom. The molecule has 0 saturated heterocycles. The first-order chi connectivity index (χ1) is 15.0. The zero-order valence-electron chi connectivity index (χ0n) is 18.0. The highest BCUT2D eigenvalue weighted by atomic mass is 16.2. The van der Waals surface area contributed by atoms with Gasteiger partial charge in [-0.25, -0.2) is 0 Å². The summed E-state index contributed by atoms with van der Waals surface area (Å²) in [6.07, 6.45) is 0.918. The van der Waals surface area contributed by atoms with E-state index < -0.39 is 0 Å². The third kappa shape index (κ3) is 4.67. The second kappa shape index (κ2) is 9.14. The zero-order chi connectivity index (χ0) is 21.8. The van der Waals surface area contributed by atoms with Crippen molar-refractivity contribution in [1.82, 2.24) is 4.90 Å². The van der Waals surface area contributed by atoms with E-state index >= 15 is 0 Å². The van der Waals surface area contributed by atoms with Gasteiger partial charge < -0.3 is 15.1 Å². The van der Waals surface area contributed by atoms with Crippen molar-refractivity contribution in [3.63, 3.8) is 0 Å². The lowest BCUT2D eigenvalue weighted by Gasteiger charge is -2.30. The molecule has 0 unspecified atom stereocenters. The standard InChI is InChI=1S/C26H27N3O2/c1-19-8-3-5-10-23(19)25(30)27-22-14-12-20(13-15-22)26(31)29-17-7-16-28(2)18-21-9-4-6-11-24(21)29/h3-6,8-15H,7,16-18H2,1-2H3,(H,27,30). The number of rotatable bonds is 3. The third-order valence-electron chi connectivity index (χ3n) is 5.67. The minimum absolute atomic E-state index is 0.0196. The van der Waals surface area contributed by atoms with Gasteiger partial charge in [-0.3, -0.25) is 9.59 Å². The van der Waals surface area contributed by atoms with E-state index in [1.807, 2.05) is 48.2 Å². The van der Waals surface area contributed by atoms with Gasteiger partial charge in [-0.15, -0.1) is 0 Å². The van der Waals surface area contributed by atoms with Gasteiger partial charge in [0.2, 0.25) is 0 Å². The quantitative estimate of drug-likeness (QED) is 0.675. The van der Waals surface area contributed by atoms with Gasteiger partial charge in [-0.1, -0.05) is 36.4 Å². The molecule has 0 saturated carbocycles. The van der Waals surface area contributed by atoms with Crippen molar-refractivity contribution in [2.75, 3.05) is 30.4 Å². The number of fused-ring (bicyclic) bond motifs is 1. The second-order valence-corrected chi connectivity index (χ2v) is 8.02. The fraction of sp³-hybridized carbons (Fsp3) is 0.231. The maximum Gasteiger partial charge on any atom is 0.258 e. The number of hydrogen-bond acceptors (Lipinski definition) is 3. The highest BCUT2D eigenvalue weighted by molar-refractivity contribution is 6.08. The molecule has 31 heavy (non-hydrogen) atoms. The lowest BCUT2D eigenvalue weighted by atomic mass is 10.1. The molecule has 5 heteroatoms. The smallest absolute Gasteiger partial charge is 0.258 e. The first kappa shape index (κ1) is 20.8. The molecule has 158 valence electrons. The first-order valence-corrected chi connectivity index (χ1v) is 10.6. The van der Waals surface area contributed by atoms with E-state index in [0.717, 1.165) is 36.3 Å². The van der Waals surface area contributed by atoms with Gasteiger partial charge in [-0.05, 0) is 74.5 Å². The molecule has 0 fully saturated rings. The molecule has 1 heterocycles. The van der Waals surface area contributed by atoms with E-state index in [1.54, 1.807) is 30.3 Å². The average molecular weight is 414 g/mol. The second-order valence-electron chi connectivity index (χ2n) is 8.02. The summed E-state index contributed by atoms with van der Waals surface area (Å²) in [6, 6.07) is 22.7. The van der Waals surface area contributed by atoms with E-state index in [4.69, 9.17) is 0 Å². The molecule has 1 N–H and O–H groups in total. The van der Waals surface area contributed by atoms with Gasteiger partial charge in [0.05, 0.1) is 0 Å². The van der Waals surface area contributed by atoms with Crippen LogP contribution < -0.4 is 10.2 Å². The Kier molecular flexibility index (Phi) is 6.14. The van der Waals surface area contributed by atoms with Crippen molar-refractivity contribution in [3.8, 4) is 0 Å². The van der Waals surface area contributed by atoms with Crippen LogP contribution in [0, 0.1) is 6.92 Å². The minimum atomic E-state index is -0.154. The molecule has 1 aliphatic rings. The predicted molar refractivity (Wildman–Crippen MR) is 125 cm³/mol. The van der Waals surface area contributed by atoms with Crippen LogP contribution in [0.3, 0.4) is 0 Å². The summed E-state index contributed by atoms with van der Waals surface area (Å²) in [5.74, 6) is -0.173. The molecular formula is C26H27N3O2. The molecule has 2 amide bonds. The zero-order valence-corrected chi connectivity index (χ0v) is 18.0. The number of carbonyl (C=O) groups is 2. The largest absolute Gasteiger partial charge is 0.322 e. The van der Waals surface area contributed by atoms with E-state index in [0.29, 0.717) is 23.4 Å². The molecule has 3 aromatic rings. The summed E-state index contributed by atoms with van der Waals surface area (Å²) in [6.45, 7) is 4.35. The Bertz CT molecular complexity index is 1090. The first-order valence-electron chi connectivity index (χ1n) is 10.6. The van der Waals surface area contributed by atoms with Crippen molar-refractivity contribution in [2.45, 2.75) is 19.9 Å². The molecular weight excluding hydrogens is 386 g/mol. The van der Waals surface area contributed by atoms with Crippen LogP contribution in [0.1, 0.15) is 38.3 Å². The van der Waals surface area contributed by atoms with Gasteiger partial charge in [0.1, 0.15) is 0 Å². The normalized spacial score (nSPS) is 14.3. The molecule has 0 atom stereocenters. The Morgan fingerprint density at radius 2 is 1.58 bits per heavy atom. The number of hydrogen-bond donors (Lipinski definition) is 1. The number of nitrogens with zero attached hydrogens (tertiary/aromatic N) is 2. The molecule has 0 radical (unpaired) electrons. The summed E-state index contributed by atoms with van der Waals surface area (Å²) in [4.78, 5) is 30.0. The molecule has 4 rings (SSSR count). The maximum atomic E-state index is 13.3. The third-order valence-corrected chi connectivity index (χ3v) is 5.67. The number of carbonyl (C=O) groups excluding carboxylic acids is 2. The van der Waals surface area contributed by atoms with Crippen LogP contribution in [0.4, 0.5) is 11.4 Å². The van der Waals surface area contributed by atoms with Gasteiger partial charge >= 0.3 is 0 Å². The van der Waals surface area contributed by atoms with Crippen LogP contribution in [0.5, 0.6) is 0 Å². The molecule has 0 bridgehead atoms. The number of para-hydroxylation sites is 1. The summed E-state index contributed by atoms with van der Waals surface area (Å²) in [5.41, 5.74) is 4.96. The highest BCUT2D eigenvalue weighted by Gasteiger charge is 2.22. The molecule has 1 aliphatic heterocycles. The van der Waals surface area contributed by atoms with Crippen LogP contribution in [0.15, 0.2) is 72.8 Å². The molecule has 0 aromatic heterocycles. The molecule has 3 aromatic carbocycles. The summed E-state index contributed by atoms with van der Waals surface area (Å²) in [5, 5.41) is 2.91. The monoisotopic (exact) mass is 413 g/mol. The van der Waals surface area contributed by atoms with E-state index in [1.165, 1.54) is 0 Å². The Morgan fingerprint density at radius 3 is 2.35 bits per heavy atom. The van der Waals surface area contributed by atoms with Crippen LogP contribution in [-0.2, 0) is 6.54 Å². The fourth-order valence-corrected chi connectivity index (χ4v) is 3.99. The lowest BCUT2D eigenvalue weighted by molar-refractivity contribution is 0.0983. The van der Waals surface area contributed by atoms with E-state index in [2.05, 4.69) is 23.3 Å². The Balaban J connectivity index is 1.53. The lowest BCUT2D eigenvalue weighted by Crippen LogP contribution is -2.37. The highest BCUT2D eigenvalue weighted by Crippen LogP contribution is 2.26. The van der Waals surface area contributed by atoms with E-state index in [-0.39, 0.29) is 11.8 Å². The van der Waals surface area contributed by atoms with Crippen LogP contribution in [0.25, 0.3) is 0 Å². The average Bonchev–Trinajstić information content (AvgIpc) is 2.76. The van der Waals surface area contributed by atoms with Crippen LogP contribution >= 0.6 is 0 Å². The van der Waals surface area contributed by atoms with E-state index in [9.17, 15) is 9.59 Å². The molecule has 0 aliphatic carbocycles.